The van der Waals surface area contributed by atoms with Gasteiger partial charge in [-0.15, -0.1) is 0 Å². The highest BCUT2D eigenvalue weighted by molar-refractivity contribution is 7.88. The number of benzene rings is 1. The second-order valence-corrected chi connectivity index (χ2v) is 10.0. The third-order valence-electron chi connectivity index (χ3n) is 5.54. The van der Waals surface area contributed by atoms with Crippen LogP contribution in [0.5, 0.6) is 0 Å². The van der Waals surface area contributed by atoms with E-state index in [2.05, 4.69) is 15.3 Å². The van der Waals surface area contributed by atoms with E-state index in [4.69, 9.17) is 4.98 Å². The van der Waals surface area contributed by atoms with Crippen LogP contribution in [0.1, 0.15) is 41.3 Å². The number of aryl methyl sites for hydroxylation is 2. The van der Waals surface area contributed by atoms with Crippen molar-refractivity contribution in [1.29, 1.82) is 0 Å². The van der Waals surface area contributed by atoms with Crippen molar-refractivity contribution in [1.82, 2.24) is 19.3 Å². The molecule has 1 N–H and O–H groups in total. The Morgan fingerprint density at radius 1 is 1.06 bits per heavy atom. The summed E-state index contributed by atoms with van der Waals surface area (Å²) in [5.74, 6) is 0.955. The number of sulfonamides is 1. The minimum absolute atomic E-state index is 0.0484. The Morgan fingerprint density at radius 2 is 1.81 bits per heavy atom. The first kappa shape index (κ1) is 21.4. The van der Waals surface area contributed by atoms with Gasteiger partial charge in [-0.25, -0.2) is 17.7 Å². The van der Waals surface area contributed by atoms with E-state index >= 15 is 0 Å². The number of anilines is 2. The lowest BCUT2D eigenvalue weighted by Crippen LogP contribution is -2.38. The molecule has 1 fully saturated rings. The first-order chi connectivity index (χ1) is 14.9. The predicted octanol–water partition coefficient (Wildman–Crippen LogP) is 3.94. The Kier molecular flexibility index (Phi) is 6.29. The van der Waals surface area contributed by atoms with Crippen LogP contribution in [0.2, 0.25) is 0 Å². The zero-order chi connectivity index (χ0) is 21.8. The average Bonchev–Trinajstić information content (AvgIpc) is 2.76. The lowest BCUT2D eigenvalue weighted by Gasteiger charge is -2.31. The van der Waals surface area contributed by atoms with Gasteiger partial charge in [-0.05, 0) is 44.4 Å². The molecule has 0 amide bonds. The number of hydrogen-bond acceptors (Lipinski definition) is 6. The second kappa shape index (κ2) is 9.11. The van der Waals surface area contributed by atoms with Gasteiger partial charge in [0.15, 0.2) is 0 Å². The van der Waals surface area contributed by atoms with Gasteiger partial charge in [0.05, 0.1) is 11.9 Å². The molecule has 0 saturated carbocycles. The molecule has 31 heavy (non-hydrogen) atoms. The Bertz CT molecular complexity index is 1130. The van der Waals surface area contributed by atoms with Crippen LogP contribution in [0.15, 0.2) is 55.0 Å². The van der Waals surface area contributed by atoms with Gasteiger partial charge in [-0.3, -0.25) is 9.97 Å². The summed E-state index contributed by atoms with van der Waals surface area (Å²) < 4.78 is 27.4. The quantitative estimate of drug-likeness (QED) is 0.628. The molecular formula is C23H27N5O2S. The number of rotatable bonds is 6. The smallest absolute Gasteiger partial charge is 0.218 e. The highest BCUT2D eigenvalue weighted by Crippen LogP contribution is 2.31. The Hall–Kier alpha value is -2.84. The van der Waals surface area contributed by atoms with Crippen LogP contribution in [-0.4, -0.2) is 40.8 Å². The van der Waals surface area contributed by atoms with Gasteiger partial charge in [0.1, 0.15) is 5.82 Å². The lowest BCUT2D eigenvalue weighted by atomic mass is 9.93. The fourth-order valence-corrected chi connectivity index (χ4v) is 5.47. The van der Waals surface area contributed by atoms with Crippen molar-refractivity contribution in [3.05, 3.63) is 77.5 Å². The maximum atomic E-state index is 12.9. The molecule has 162 valence electrons. The molecule has 3 heterocycles. The van der Waals surface area contributed by atoms with Crippen LogP contribution in [0.3, 0.4) is 0 Å². The maximum absolute atomic E-state index is 12.9. The molecule has 8 heteroatoms. The summed E-state index contributed by atoms with van der Waals surface area (Å²) in [6.45, 7) is 4.99. The summed E-state index contributed by atoms with van der Waals surface area (Å²) >= 11 is 0. The van der Waals surface area contributed by atoms with Crippen molar-refractivity contribution in [2.24, 2.45) is 0 Å². The summed E-state index contributed by atoms with van der Waals surface area (Å²) in [6, 6.07) is 11.7. The van der Waals surface area contributed by atoms with Crippen LogP contribution in [0, 0.1) is 13.8 Å². The summed E-state index contributed by atoms with van der Waals surface area (Å²) in [6.07, 6.45) is 6.47. The number of hydrogen-bond donors (Lipinski definition) is 1. The summed E-state index contributed by atoms with van der Waals surface area (Å²) in [5, 5.41) is 3.27. The Labute approximate surface area is 183 Å². The van der Waals surface area contributed by atoms with Crippen molar-refractivity contribution >= 4 is 21.5 Å². The second-order valence-electron chi connectivity index (χ2n) is 8.05. The molecule has 1 aromatic carbocycles. The third kappa shape index (κ3) is 5.45. The van der Waals surface area contributed by atoms with E-state index in [0.717, 1.165) is 41.0 Å². The monoisotopic (exact) mass is 437 g/mol. The van der Waals surface area contributed by atoms with Gasteiger partial charge in [0.2, 0.25) is 10.0 Å². The lowest BCUT2D eigenvalue weighted by molar-refractivity contribution is 0.316. The van der Waals surface area contributed by atoms with Gasteiger partial charge in [0.25, 0.3) is 0 Å². The fourth-order valence-electron chi connectivity index (χ4n) is 3.90. The molecule has 0 atom stereocenters. The van der Waals surface area contributed by atoms with Crippen molar-refractivity contribution < 1.29 is 8.42 Å². The number of pyridine rings is 1. The minimum atomic E-state index is -3.33. The molecular weight excluding hydrogens is 410 g/mol. The summed E-state index contributed by atoms with van der Waals surface area (Å²) in [5.41, 5.74) is 4.77. The molecule has 1 aliphatic heterocycles. The van der Waals surface area contributed by atoms with E-state index in [1.54, 1.807) is 22.9 Å². The van der Waals surface area contributed by atoms with E-state index < -0.39 is 10.0 Å². The Morgan fingerprint density at radius 3 is 2.48 bits per heavy atom. The topological polar surface area (TPSA) is 88.1 Å². The third-order valence-corrected chi connectivity index (χ3v) is 7.39. The van der Waals surface area contributed by atoms with Gasteiger partial charge in [-0.2, -0.15) is 0 Å². The Balaban J connectivity index is 1.42. The van der Waals surface area contributed by atoms with Gasteiger partial charge in [-0.1, -0.05) is 29.8 Å². The van der Waals surface area contributed by atoms with Crippen LogP contribution in [0.25, 0.3) is 0 Å². The molecule has 0 unspecified atom stereocenters. The largest absolute Gasteiger partial charge is 0.339 e. The van der Waals surface area contributed by atoms with Crippen LogP contribution in [0.4, 0.5) is 11.5 Å². The van der Waals surface area contributed by atoms with Crippen LogP contribution >= 0.6 is 0 Å². The van der Waals surface area contributed by atoms with Crippen molar-refractivity contribution in [2.45, 2.75) is 38.4 Å². The van der Waals surface area contributed by atoms with E-state index in [1.165, 1.54) is 0 Å². The van der Waals surface area contributed by atoms with E-state index in [9.17, 15) is 8.42 Å². The fraction of sp³-hybridized carbons (Fsp3) is 0.348. The first-order valence-electron chi connectivity index (χ1n) is 10.4. The standard InChI is InChI=1S/C23H27N5O2S/c1-17-3-5-19(6-4-17)16-31(29,30)28-11-7-20(8-12-28)22-14-21(13-18(2)26-22)27-23-15-24-9-10-25-23/h3-6,9-10,13-15,20H,7-8,11-12,16H2,1-2H3,(H,25,26,27). The van der Waals surface area contributed by atoms with Gasteiger partial charge >= 0.3 is 0 Å². The number of piperidine rings is 1. The zero-order valence-electron chi connectivity index (χ0n) is 17.8. The number of nitrogens with one attached hydrogen (secondary N) is 1. The van der Waals surface area contributed by atoms with Crippen LogP contribution in [-0.2, 0) is 15.8 Å². The highest BCUT2D eigenvalue weighted by Gasteiger charge is 2.29. The molecule has 1 saturated heterocycles. The SMILES string of the molecule is Cc1ccc(CS(=O)(=O)N2CCC(c3cc(Nc4cnccn4)cc(C)n3)CC2)cc1. The molecule has 7 nitrogen and oxygen atoms in total. The zero-order valence-corrected chi connectivity index (χ0v) is 18.6. The molecule has 0 radical (unpaired) electrons. The minimum Gasteiger partial charge on any atom is -0.339 e. The van der Waals surface area contributed by atoms with Crippen molar-refractivity contribution in [3.8, 4) is 0 Å². The maximum Gasteiger partial charge on any atom is 0.218 e. The van der Waals surface area contributed by atoms with Gasteiger partial charge < -0.3 is 5.32 Å². The number of nitrogens with zero attached hydrogens (tertiary/aromatic N) is 4. The molecule has 0 spiro atoms. The predicted molar refractivity (Wildman–Crippen MR) is 122 cm³/mol. The van der Waals surface area contributed by atoms with E-state index in [1.807, 2.05) is 50.2 Å². The van der Waals surface area contributed by atoms with E-state index in [0.29, 0.717) is 18.9 Å². The normalized spacial score (nSPS) is 15.7. The molecule has 2 aromatic heterocycles. The molecule has 1 aliphatic rings. The first-order valence-corrected chi connectivity index (χ1v) is 12.0. The summed E-state index contributed by atoms with van der Waals surface area (Å²) in [4.78, 5) is 13.1. The molecule has 0 bridgehead atoms. The van der Waals surface area contributed by atoms with E-state index in [-0.39, 0.29) is 11.7 Å². The molecule has 3 aromatic rings. The van der Waals surface area contributed by atoms with Crippen molar-refractivity contribution in [2.75, 3.05) is 18.4 Å². The van der Waals surface area contributed by atoms with Crippen LogP contribution < -0.4 is 5.32 Å². The number of aromatic nitrogens is 3. The van der Waals surface area contributed by atoms with Crippen molar-refractivity contribution in [3.63, 3.8) is 0 Å². The summed E-state index contributed by atoms with van der Waals surface area (Å²) in [7, 11) is -3.33. The highest BCUT2D eigenvalue weighted by atomic mass is 32.2. The van der Waals surface area contributed by atoms with Gasteiger partial charge in [0, 0.05) is 48.5 Å². The molecule has 0 aliphatic carbocycles. The molecule has 4 rings (SSSR count). The average molecular weight is 438 g/mol.